The van der Waals surface area contributed by atoms with Crippen LogP contribution in [0, 0.1) is 0 Å². The molecule has 1 fully saturated rings. The van der Waals surface area contributed by atoms with E-state index < -0.39 is 0 Å². The molecule has 142 valence electrons. The van der Waals surface area contributed by atoms with Crippen molar-refractivity contribution in [2.24, 2.45) is 0 Å². The number of fused-ring (bicyclic) bond motifs is 1. The van der Waals surface area contributed by atoms with E-state index in [9.17, 15) is 4.79 Å². The Balaban J connectivity index is 1.60. The number of amides is 1. The van der Waals surface area contributed by atoms with Gasteiger partial charge in [0.05, 0.1) is 12.7 Å². The first-order chi connectivity index (χ1) is 13.7. The lowest BCUT2D eigenvalue weighted by Gasteiger charge is -2.37. The van der Waals surface area contributed by atoms with E-state index >= 15 is 0 Å². The molecule has 2 aromatic heterocycles. The van der Waals surface area contributed by atoms with Crippen molar-refractivity contribution in [3.8, 4) is 22.6 Å². The molecule has 1 aliphatic carbocycles. The Hall–Kier alpha value is -3.22. The van der Waals surface area contributed by atoms with Crippen LogP contribution in [-0.2, 0) is 4.79 Å². The van der Waals surface area contributed by atoms with Gasteiger partial charge in [-0.15, -0.1) is 0 Å². The Labute approximate surface area is 163 Å². The number of carbonyl (C=O) groups excluding carboxylic acids is 1. The van der Waals surface area contributed by atoms with Crippen LogP contribution in [0.15, 0.2) is 42.7 Å². The molecule has 3 heterocycles. The van der Waals surface area contributed by atoms with Gasteiger partial charge in [-0.1, -0.05) is 43.2 Å². The Morgan fingerprint density at radius 2 is 1.93 bits per heavy atom. The van der Waals surface area contributed by atoms with E-state index in [-0.39, 0.29) is 5.91 Å². The highest BCUT2D eigenvalue weighted by Gasteiger charge is 2.34. The summed E-state index contributed by atoms with van der Waals surface area (Å²) in [7, 11) is 1.79. The summed E-state index contributed by atoms with van der Waals surface area (Å²) in [5.74, 6) is 1.49. The molecule has 0 saturated heterocycles. The third-order valence-electron chi connectivity index (χ3n) is 5.77. The van der Waals surface area contributed by atoms with Crippen LogP contribution in [0.25, 0.3) is 22.6 Å². The van der Waals surface area contributed by atoms with Crippen LogP contribution >= 0.6 is 0 Å². The second-order valence-electron chi connectivity index (χ2n) is 7.43. The number of H-pyrrole nitrogens is 1. The van der Waals surface area contributed by atoms with Gasteiger partial charge in [0.25, 0.3) is 0 Å². The van der Waals surface area contributed by atoms with E-state index in [4.69, 9.17) is 4.98 Å². The zero-order valence-corrected chi connectivity index (χ0v) is 15.8. The molecule has 1 aromatic carbocycles. The van der Waals surface area contributed by atoms with Crippen LogP contribution in [0.5, 0.6) is 0 Å². The highest BCUT2D eigenvalue weighted by Crippen LogP contribution is 2.37. The number of aromatic nitrogens is 4. The first kappa shape index (κ1) is 16.9. The normalized spacial score (nSPS) is 17.2. The number of nitrogens with zero attached hydrogens (tertiary/aromatic N) is 5. The lowest BCUT2D eigenvalue weighted by atomic mass is 10.1. The maximum atomic E-state index is 12.5. The zero-order chi connectivity index (χ0) is 19.1. The minimum Gasteiger partial charge on any atom is -0.342 e. The lowest BCUT2D eigenvalue weighted by molar-refractivity contribution is -0.117. The Kier molecular flexibility index (Phi) is 4.07. The Morgan fingerprint density at radius 1 is 1.14 bits per heavy atom. The highest BCUT2D eigenvalue weighted by molar-refractivity contribution is 6.02. The predicted octanol–water partition coefficient (Wildman–Crippen LogP) is 3.26. The number of hydrogen-bond donors (Lipinski definition) is 1. The van der Waals surface area contributed by atoms with Gasteiger partial charge in [0.2, 0.25) is 5.91 Å². The fraction of sp³-hybridized carbons (Fsp3) is 0.333. The quantitative estimate of drug-likeness (QED) is 0.761. The fourth-order valence-electron chi connectivity index (χ4n) is 4.21. The first-order valence-electron chi connectivity index (χ1n) is 9.72. The van der Waals surface area contributed by atoms with Crippen molar-refractivity contribution in [2.45, 2.75) is 31.7 Å². The van der Waals surface area contributed by atoms with Gasteiger partial charge < -0.3 is 9.80 Å². The van der Waals surface area contributed by atoms with Crippen molar-refractivity contribution in [3.63, 3.8) is 0 Å². The second kappa shape index (κ2) is 6.74. The monoisotopic (exact) mass is 374 g/mol. The number of nitrogens with one attached hydrogen (secondary N) is 1. The van der Waals surface area contributed by atoms with Crippen molar-refractivity contribution in [1.29, 1.82) is 0 Å². The topological polar surface area (TPSA) is 78.0 Å². The molecule has 0 spiro atoms. The number of benzene rings is 1. The minimum atomic E-state index is 0.0838. The van der Waals surface area contributed by atoms with E-state index in [0.717, 1.165) is 41.2 Å². The average molecular weight is 374 g/mol. The summed E-state index contributed by atoms with van der Waals surface area (Å²) in [6.07, 6.45) is 8.24. The number of carbonyl (C=O) groups is 1. The maximum absolute atomic E-state index is 12.5. The van der Waals surface area contributed by atoms with Crippen LogP contribution < -0.4 is 9.80 Å². The van der Waals surface area contributed by atoms with E-state index in [1.165, 1.54) is 12.8 Å². The molecule has 1 aliphatic heterocycles. The number of rotatable bonds is 3. The van der Waals surface area contributed by atoms with Gasteiger partial charge in [-0.05, 0) is 18.4 Å². The highest BCUT2D eigenvalue weighted by atomic mass is 16.2. The van der Waals surface area contributed by atoms with Crippen LogP contribution in [0.1, 0.15) is 25.7 Å². The number of anilines is 2. The van der Waals surface area contributed by atoms with Gasteiger partial charge in [0.1, 0.15) is 11.4 Å². The second-order valence-corrected chi connectivity index (χ2v) is 7.43. The molecule has 3 aromatic rings. The van der Waals surface area contributed by atoms with Crippen LogP contribution in [0.2, 0.25) is 0 Å². The van der Waals surface area contributed by atoms with Gasteiger partial charge in [0, 0.05) is 24.8 Å². The number of likely N-dealkylation sites (N-methyl/N-ethyl adjacent to an activating group) is 1. The molecular formula is C21H22N6O. The summed E-state index contributed by atoms with van der Waals surface area (Å²) in [4.78, 5) is 25.8. The molecule has 1 saturated carbocycles. The van der Waals surface area contributed by atoms with Crippen molar-refractivity contribution in [3.05, 3.63) is 42.7 Å². The third kappa shape index (κ3) is 2.74. The summed E-state index contributed by atoms with van der Waals surface area (Å²) >= 11 is 0. The van der Waals surface area contributed by atoms with Gasteiger partial charge >= 0.3 is 0 Å². The SMILES string of the molecule is CN1C(=O)CN(C2CCCC2)c2nc(-c3n[nH]cc3-c3ccccc3)ncc21. The molecule has 1 N–H and O–H groups in total. The van der Waals surface area contributed by atoms with Gasteiger partial charge in [-0.2, -0.15) is 5.10 Å². The molecule has 0 radical (unpaired) electrons. The van der Waals surface area contributed by atoms with E-state index in [2.05, 4.69) is 20.1 Å². The van der Waals surface area contributed by atoms with Crippen molar-refractivity contribution >= 4 is 17.4 Å². The predicted molar refractivity (Wildman–Crippen MR) is 108 cm³/mol. The number of aromatic amines is 1. The van der Waals surface area contributed by atoms with Crippen molar-refractivity contribution < 1.29 is 4.79 Å². The van der Waals surface area contributed by atoms with Crippen LogP contribution in [0.4, 0.5) is 11.5 Å². The molecule has 5 rings (SSSR count). The third-order valence-corrected chi connectivity index (χ3v) is 5.77. The summed E-state index contributed by atoms with van der Waals surface area (Å²) in [5, 5.41) is 7.37. The standard InChI is InChI=1S/C21H22N6O/c1-26-17-12-22-20(19-16(11-23-25-19)14-7-3-2-4-8-14)24-21(17)27(13-18(26)28)15-9-5-6-10-15/h2-4,7-8,11-12,15H,5-6,9-10,13H2,1H3,(H,23,25). The maximum Gasteiger partial charge on any atom is 0.246 e. The lowest BCUT2D eigenvalue weighted by Crippen LogP contribution is -2.48. The van der Waals surface area contributed by atoms with Gasteiger partial charge in [0.15, 0.2) is 11.6 Å². The van der Waals surface area contributed by atoms with Crippen molar-refractivity contribution in [1.82, 2.24) is 20.2 Å². The van der Waals surface area contributed by atoms with E-state index in [0.29, 0.717) is 18.4 Å². The summed E-state index contributed by atoms with van der Waals surface area (Å²) < 4.78 is 0. The van der Waals surface area contributed by atoms with Crippen molar-refractivity contribution in [2.75, 3.05) is 23.4 Å². The van der Waals surface area contributed by atoms with E-state index in [1.54, 1.807) is 18.1 Å². The smallest absolute Gasteiger partial charge is 0.246 e. The molecular weight excluding hydrogens is 352 g/mol. The summed E-state index contributed by atoms with van der Waals surface area (Å²) in [6, 6.07) is 10.5. The van der Waals surface area contributed by atoms with Crippen LogP contribution in [-0.4, -0.2) is 45.7 Å². The summed E-state index contributed by atoms with van der Waals surface area (Å²) in [5.41, 5.74) is 3.52. The van der Waals surface area contributed by atoms with Crippen LogP contribution in [0.3, 0.4) is 0 Å². The number of hydrogen-bond acceptors (Lipinski definition) is 5. The largest absolute Gasteiger partial charge is 0.342 e. The molecule has 1 amide bonds. The Bertz CT molecular complexity index is 1010. The zero-order valence-electron chi connectivity index (χ0n) is 15.8. The molecule has 28 heavy (non-hydrogen) atoms. The molecule has 7 nitrogen and oxygen atoms in total. The molecule has 0 bridgehead atoms. The molecule has 2 aliphatic rings. The molecule has 7 heteroatoms. The average Bonchev–Trinajstić information content (AvgIpc) is 3.43. The summed E-state index contributed by atoms with van der Waals surface area (Å²) in [6.45, 7) is 0.372. The molecule has 0 unspecified atom stereocenters. The van der Waals surface area contributed by atoms with Gasteiger partial charge in [-0.3, -0.25) is 9.89 Å². The van der Waals surface area contributed by atoms with E-state index in [1.807, 2.05) is 36.5 Å². The molecule has 0 atom stereocenters. The van der Waals surface area contributed by atoms with Gasteiger partial charge in [-0.25, -0.2) is 9.97 Å². The Morgan fingerprint density at radius 3 is 2.71 bits per heavy atom. The first-order valence-corrected chi connectivity index (χ1v) is 9.72. The minimum absolute atomic E-state index is 0.0838. The fourth-order valence-corrected chi connectivity index (χ4v) is 4.21.